The highest BCUT2D eigenvalue weighted by Crippen LogP contribution is 2.32. The van der Waals surface area contributed by atoms with Crippen molar-refractivity contribution in [1.82, 2.24) is 5.32 Å². The Hall–Kier alpha value is -2.93. The monoisotopic (exact) mass is 419 g/mol. The Morgan fingerprint density at radius 2 is 1.86 bits per heavy atom. The Balaban J connectivity index is 1.43. The van der Waals surface area contributed by atoms with E-state index in [1.807, 2.05) is 32.0 Å². The third kappa shape index (κ3) is 5.77. The maximum atomic E-state index is 12.1. The van der Waals surface area contributed by atoms with Crippen molar-refractivity contribution >= 4 is 23.5 Å². The molecular weight excluding hydrogens is 398 g/mol. The summed E-state index contributed by atoms with van der Waals surface area (Å²) >= 11 is 5.94. The first kappa shape index (κ1) is 20.8. The second-order valence-corrected chi connectivity index (χ2v) is 6.96. The van der Waals surface area contributed by atoms with Gasteiger partial charge in [0.2, 0.25) is 0 Å². The maximum absolute atomic E-state index is 12.1. The number of benzene rings is 2. The minimum atomic E-state index is -0.639. The zero-order valence-corrected chi connectivity index (χ0v) is 17.0. The molecule has 0 aliphatic carbocycles. The summed E-state index contributed by atoms with van der Waals surface area (Å²) in [7, 11) is 0. The second-order valence-electron chi connectivity index (χ2n) is 6.55. The number of hydrogen-bond donors (Lipinski definition) is 1. The van der Waals surface area contributed by atoms with Crippen LogP contribution in [-0.4, -0.2) is 38.3 Å². The molecule has 0 bridgehead atoms. The molecule has 1 amide bonds. The van der Waals surface area contributed by atoms with E-state index in [9.17, 15) is 9.59 Å². The van der Waals surface area contributed by atoms with Gasteiger partial charge in [-0.05, 0) is 55.3 Å². The number of amides is 1. The highest BCUT2D eigenvalue weighted by Gasteiger charge is 2.16. The van der Waals surface area contributed by atoms with Crippen LogP contribution in [0.5, 0.6) is 17.2 Å². The molecule has 3 rings (SSSR count). The molecule has 0 saturated carbocycles. The number of esters is 1. The van der Waals surface area contributed by atoms with E-state index in [-0.39, 0.29) is 12.6 Å². The molecule has 0 radical (unpaired) electrons. The van der Waals surface area contributed by atoms with Crippen LogP contribution in [0.2, 0.25) is 5.02 Å². The van der Waals surface area contributed by atoms with Crippen molar-refractivity contribution in [3.63, 3.8) is 0 Å². The fraction of sp³-hybridized carbons (Fsp3) is 0.333. The molecule has 7 nitrogen and oxygen atoms in total. The molecule has 29 heavy (non-hydrogen) atoms. The molecular formula is C21H22ClNO6. The summed E-state index contributed by atoms with van der Waals surface area (Å²) in [4.78, 5) is 23.9. The van der Waals surface area contributed by atoms with Crippen LogP contribution >= 0.6 is 11.6 Å². The molecule has 1 heterocycles. The molecule has 1 aliphatic heterocycles. The van der Waals surface area contributed by atoms with Crippen LogP contribution in [0.15, 0.2) is 36.4 Å². The minimum Gasteiger partial charge on any atom is -0.486 e. The summed E-state index contributed by atoms with van der Waals surface area (Å²) in [5.74, 6) is 0.780. The Morgan fingerprint density at radius 1 is 1.10 bits per heavy atom. The standard InChI is InChI=1S/C21H22ClNO6/c1-13-9-16(4-5-17(13)22)28-12-21(25)29-11-20(24)23-14(2)15-3-6-18-19(10-15)27-8-7-26-18/h3-6,9-10,14H,7-8,11-12H2,1-2H3,(H,23,24)/t14-/m1/s1. The number of ether oxygens (including phenoxy) is 4. The van der Waals surface area contributed by atoms with Crippen LogP contribution in [0.25, 0.3) is 0 Å². The van der Waals surface area contributed by atoms with E-state index >= 15 is 0 Å². The van der Waals surface area contributed by atoms with E-state index in [1.165, 1.54) is 0 Å². The van der Waals surface area contributed by atoms with E-state index in [4.69, 9.17) is 30.5 Å². The Kier molecular flexibility index (Phi) is 6.82. The molecule has 1 aliphatic rings. The smallest absolute Gasteiger partial charge is 0.344 e. The number of carbonyl (C=O) groups excluding carboxylic acids is 2. The topological polar surface area (TPSA) is 83.1 Å². The number of fused-ring (bicyclic) bond motifs is 1. The third-order valence-electron chi connectivity index (χ3n) is 4.29. The van der Waals surface area contributed by atoms with E-state index in [2.05, 4.69) is 5.32 Å². The first-order valence-corrected chi connectivity index (χ1v) is 9.53. The van der Waals surface area contributed by atoms with Crippen LogP contribution < -0.4 is 19.5 Å². The van der Waals surface area contributed by atoms with Gasteiger partial charge in [0.15, 0.2) is 24.7 Å². The van der Waals surface area contributed by atoms with E-state index < -0.39 is 18.5 Å². The van der Waals surface area contributed by atoms with Crippen LogP contribution in [0.1, 0.15) is 24.1 Å². The molecule has 2 aromatic rings. The predicted molar refractivity (Wildman–Crippen MR) is 107 cm³/mol. The Bertz CT molecular complexity index is 901. The van der Waals surface area contributed by atoms with Gasteiger partial charge in [-0.15, -0.1) is 0 Å². The van der Waals surface area contributed by atoms with Gasteiger partial charge >= 0.3 is 5.97 Å². The van der Waals surface area contributed by atoms with E-state index in [0.717, 1.165) is 11.1 Å². The first-order chi connectivity index (χ1) is 13.9. The van der Waals surface area contributed by atoms with Crippen LogP contribution in [0, 0.1) is 6.92 Å². The van der Waals surface area contributed by atoms with Crippen molar-refractivity contribution in [3.05, 3.63) is 52.5 Å². The molecule has 1 atom stereocenters. The summed E-state index contributed by atoms with van der Waals surface area (Å²) in [5, 5.41) is 3.39. The van der Waals surface area contributed by atoms with Gasteiger partial charge in [-0.1, -0.05) is 17.7 Å². The van der Waals surface area contributed by atoms with Crippen molar-refractivity contribution in [2.75, 3.05) is 26.4 Å². The molecule has 0 unspecified atom stereocenters. The fourth-order valence-corrected chi connectivity index (χ4v) is 2.85. The summed E-state index contributed by atoms with van der Waals surface area (Å²) in [5.41, 5.74) is 1.69. The lowest BCUT2D eigenvalue weighted by molar-refractivity contribution is -0.150. The number of rotatable bonds is 7. The van der Waals surface area contributed by atoms with Crippen molar-refractivity contribution in [1.29, 1.82) is 0 Å². The first-order valence-electron chi connectivity index (χ1n) is 9.16. The maximum Gasteiger partial charge on any atom is 0.344 e. The van der Waals surface area contributed by atoms with Gasteiger partial charge in [0.05, 0.1) is 6.04 Å². The van der Waals surface area contributed by atoms with Gasteiger partial charge in [0.1, 0.15) is 19.0 Å². The SMILES string of the molecule is Cc1cc(OCC(=O)OCC(=O)N[C@H](C)c2ccc3c(c2)OCCO3)ccc1Cl. The Labute approximate surface area is 173 Å². The molecule has 0 aromatic heterocycles. The average Bonchev–Trinajstić information content (AvgIpc) is 2.72. The highest BCUT2D eigenvalue weighted by molar-refractivity contribution is 6.31. The molecule has 154 valence electrons. The summed E-state index contributed by atoms with van der Waals surface area (Å²) < 4.78 is 21.3. The lowest BCUT2D eigenvalue weighted by atomic mass is 10.1. The number of carbonyl (C=O) groups is 2. The van der Waals surface area contributed by atoms with Gasteiger partial charge in [-0.25, -0.2) is 4.79 Å². The van der Waals surface area contributed by atoms with Crippen molar-refractivity contribution in [3.8, 4) is 17.2 Å². The zero-order chi connectivity index (χ0) is 20.8. The van der Waals surface area contributed by atoms with E-state index in [1.54, 1.807) is 18.2 Å². The molecule has 0 spiro atoms. The zero-order valence-electron chi connectivity index (χ0n) is 16.2. The van der Waals surface area contributed by atoms with Crippen molar-refractivity contribution in [2.24, 2.45) is 0 Å². The summed E-state index contributed by atoms with van der Waals surface area (Å²) in [6.07, 6.45) is 0. The van der Waals surface area contributed by atoms with Crippen LogP contribution in [-0.2, 0) is 14.3 Å². The molecule has 0 saturated heterocycles. The van der Waals surface area contributed by atoms with Crippen LogP contribution in [0.3, 0.4) is 0 Å². The minimum absolute atomic E-state index is 0.287. The lowest BCUT2D eigenvalue weighted by Gasteiger charge is -2.21. The molecule has 1 N–H and O–H groups in total. The van der Waals surface area contributed by atoms with Gasteiger partial charge < -0.3 is 24.3 Å². The number of halogens is 1. The molecule has 2 aromatic carbocycles. The number of hydrogen-bond acceptors (Lipinski definition) is 6. The summed E-state index contributed by atoms with van der Waals surface area (Å²) in [6.45, 7) is 3.98. The van der Waals surface area contributed by atoms with Gasteiger partial charge in [0.25, 0.3) is 5.91 Å². The quantitative estimate of drug-likeness (QED) is 0.694. The second kappa shape index (κ2) is 9.52. The fourth-order valence-electron chi connectivity index (χ4n) is 2.73. The van der Waals surface area contributed by atoms with E-state index in [0.29, 0.717) is 35.5 Å². The van der Waals surface area contributed by atoms with Crippen molar-refractivity contribution in [2.45, 2.75) is 19.9 Å². The highest BCUT2D eigenvalue weighted by atomic mass is 35.5. The van der Waals surface area contributed by atoms with Crippen molar-refractivity contribution < 1.29 is 28.5 Å². The Morgan fingerprint density at radius 3 is 2.62 bits per heavy atom. The van der Waals surface area contributed by atoms with Crippen LogP contribution in [0.4, 0.5) is 0 Å². The van der Waals surface area contributed by atoms with Gasteiger partial charge in [-0.2, -0.15) is 0 Å². The number of nitrogens with one attached hydrogen (secondary N) is 1. The lowest BCUT2D eigenvalue weighted by Crippen LogP contribution is -2.32. The third-order valence-corrected chi connectivity index (χ3v) is 4.72. The molecule has 0 fully saturated rings. The summed E-state index contributed by atoms with van der Waals surface area (Å²) in [6, 6.07) is 10.3. The normalized spacial score (nSPS) is 13.3. The predicted octanol–water partition coefficient (Wildman–Crippen LogP) is 3.22. The van der Waals surface area contributed by atoms with Gasteiger partial charge in [-0.3, -0.25) is 4.79 Å². The molecule has 8 heteroatoms. The number of aryl methyl sites for hydroxylation is 1. The average molecular weight is 420 g/mol. The largest absolute Gasteiger partial charge is 0.486 e. The van der Waals surface area contributed by atoms with Gasteiger partial charge in [0, 0.05) is 5.02 Å².